The first-order valence-electron chi connectivity index (χ1n) is 11.4. The number of carbonyl (C=O) groups excluding carboxylic acids is 2. The Morgan fingerprint density at radius 2 is 1.53 bits per heavy atom. The van der Waals surface area contributed by atoms with Gasteiger partial charge in [0.25, 0.3) is 11.8 Å². The Labute approximate surface area is 204 Å². The first-order chi connectivity index (χ1) is 17.1. The van der Waals surface area contributed by atoms with Crippen molar-refractivity contribution in [3.8, 4) is 5.75 Å². The number of benzene rings is 2. The summed E-state index contributed by atoms with van der Waals surface area (Å²) in [6.07, 6.45) is -4.81. The molecule has 1 atom stereocenters. The van der Waals surface area contributed by atoms with Gasteiger partial charge in [-0.15, -0.1) is 13.2 Å². The van der Waals surface area contributed by atoms with E-state index in [2.05, 4.69) is 4.74 Å². The monoisotopic (exact) mass is 503 g/mol. The molecule has 1 aromatic heterocycles. The largest absolute Gasteiger partial charge is 0.573 e. The number of halogens is 3. The lowest BCUT2D eigenvalue weighted by molar-refractivity contribution is -0.282. The van der Waals surface area contributed by atoms with E-state index in [9.17, 15) is 22.8 Å². The summed E-state index contributed by atoms with van der Waals surface area (Å²) in [4.78, 5) is 29.7. The second-order valence-corrected chi connectivity index (χ2v) is 8.78. The number of morpholine rings is 2. The minimum absolute atomic E-state index is 0.0749. The first kappa shape index (κ1) is 24.1. The van der Waals surface area contributed by atoms with Crippen LogP contribution in [0, 0.1) is 0 Å². The van der Waals surface area contributed by atoms with Gasteiger partial charge in [0.2, 0.25) is 5.79 Å². The molecule has 8 nitrogen and oxygen atoms in total. The number of fused-ring (bicyclic) bond motifs is 1. The number of rotatable bonds is 3. The molecule has 3 aromatic rings. The van der Waals surface area contributed by atoms with Crippen molar-refractivity contribution in [3.05, 3.63) is 65.9 Å². The SMILES string of the molecule is Cn1c(C(=O)N2CCOC3(CN(C(=O)c4ccc(OC(F)(F)F)cc4)CCO3)C2)cc2ccccc21. The van der Waals surface area contributed by atoms with Crippen LogP contribution < -0.4 is 4.74 Å². The van der Waals surface area contributed by atoms with E-state index >= 15 is 0 Å². The molecule has 0 radical (unpaired) electrons. The molecule has 2 amide bonds. The third kappa shape index (κ3) is 4.76. The number of aromatic nitrogens is 1. The number of aryl methyl sites for hydroxylation is 1. The van der Waals surface area contributed by atoms with Crippen LogP contribution in [-0.2, 0) is 16.5 Å². The summed E-state index contributed by atoms with van der Waals surface area (Å²) in [6.45, 7) is 1.29. The fourth-order valence-corrected chi connectivity index (χ4v) is 4.68. The van der Waals surface area contributed by atoms with Crippen LogP contribution in [-0.4, -0.2) is 77.7 Å². The zero-order chi connectivity index (χ0) is 25.5. The number of carbonyl (C=O) groups is 2. The van der Waals surface area contributed by atoms with E-state index in [0.717, 1.165) is 23.0 Å². The summed E-state index contributed by atoms with van der Waals surface area (Å²) in [6, 6.07) is 14.3. The van der Waals surface area contributed by atoms with Crippen LogP contribution in [0.3, 0.4) is 0 Å². The lowest BCUT2D eigenvalue weighted by atomic mass is 10.1. The highest BCUT2D eigenvalue weighted by Gasteiger charge is 2.45. The third-order valence-corrected chi connectivity index (χ3v) is 6.40. The maximum atomic E-state index is 13.4. The molecule has 2 aliphatic rings. The first-order valence-corrected chi connectivity index (χ1v) is 11.4. The summed E-state index contributed by atoms with van der Waals surface area (Å²) in [5.74, 6) is -2.14. The van der Waals surface area contributed by atoms with Gasteiger partial charge in [-0.2, -0.15) is 0 Å². The minimum Gasteiger partial charge on any atom is -0.406 e. The Bertz CT molecular complexity index is 1290. The van der Waals surface area contributed by atoms with E-state index in [1.54, 1.807) is 4.90 Å². The standard InChI is InChI=1S/C25H24F3N3O5/c1-29-20-5-3-2-4-18(20)14-21(29)23(33)31-11-13-35-24(16-31)15-30(10-12-34-24)22(32)17-6-8-19(9-7-17)36-25(26,27)28/h2-9,14H,10-13,15-16H2,1H3. The predicted octanol–water partition coefficient (Wildman–Crippen LogP) is 3.42. The number of amides is 2. The molecule has 190 valence electrons. The molecule has 11 heteroatoms. The Morgan fingerprint density at radius 3 is 2.14 bits per heavy atom. The Hall–Kier alpha value is -3.57. The van der Waals surface area contributed by atoms with Crippen LogP contribution in [0.25, 0.3) is 10.9 Å². The average molecular weight is 503 g/mol. The van der Waals surface area contributed by atoms with Crippen LogP contribution in [0.5, 0.6) is 5.75 Å². The Balaban J connectivity index is 1.30. The van der Waals surface area contributed by atoms with E-state index in [4.69, 9.17) is 9.47 Å². The average Bonchev–Trinajstić information content (AvgIpc) is 3.19. The zero-order valence-electron chi connectivity index (χ0n) is 19.5. The normalized spacial score (nSPS) is 20.7. The van der Waals surface area contributed by atoms with Crippen LogP contribution >= 0.6 is 0 Å². The molecule has 0 aliphatic carbocycles. The van der Waals surface area contributed by atoms with Gasteiger partial charge < -0.3 is 28.6 Å². The summed E-state index contributed by atoms with van der Waals surface area (Å²) < 4.78 is 54.8. The molecule has 36 heavy (non-hydrogen) atoms. The predicted molar refractivity (Wildman–Crippen MR) is 122 cm³/mol. The number of nitrogens with zero attached hydrogens (tertiary/aromatic N) is 3. The lowest BCUT2D eigenvalue weighted by Crippen LogP contribution is -2.63. The van der Waals surface area contributed by atoms with Crippen LogP contribution in [0.2, 0.25) is 0 Å². The fourth-order valence-electron chi connectivity index (χ4n) is 4.68. The van der Waals surface area contributed by atoms with Gasteiger partial charge in [-0.1, -0.05) is 18.2 Å². The zero-order valence-corrected chi connectivity index (χ0v) is 19.5. The van der Waals surface area contributed by atoms with Crippen molar-refractivity contribution >= 4 is 22.7 Å². The molecule has 0 N–H and O–H groups in total. The number of hydrogen-bond acceptors (Lipinski definition) is 5. The maximum absolute atomic E-state index is 13.4. The van der Waals surface area contributed by atoms with Crippen molar-refractivity contribution in [2.24, 2.45) is 7.05 Å². The van der Waals surface area contributed by atoms with Crippen LogP contribution in [0.15, 0.2) is 54.6 Å². The van der Waals surface area contributed by atoms with Gasteiger partial charge in [0.1, 0.15) is 11.4 Å². The molecule has 1 spiro atoms. The van der Waals surface area contributed by atoms with Gasteiger partial charge in [0, 0.05) is 36.6 Å². The smallest absolute Gasteiger partial charge is 0.406 e. The summed E-state index contributed by atoms with van der Waals surface area (Å²) in [7, 11) is 1.84. The molecule has 2 aliphatic heterocycles. The summed E-state index contributed by atoms with van der Waals surface area (Å²) in [5, 5.41) is 0.962. The molecular weight excluding hydrogens is 479 g/mol. The number of hydrogen-bond donors (Lipinski definition) is 0. The molecule has 3 heterocycles. The summed E-state index contributed by atoms with van der Waals surface area (Å²) >= 11 is 0. The molecule has 0 bridgehead atoms. The maximum Gasteiger partial charge on any atom is 0.573 e. The van der Waals surface area contributed by atoms with Crippen LogP contribution in [0.4, 0.5) is 13.2 Å². The van der Waals surface area contributed by atoms with E-state index in [1.165, 1.54) is 17.0 Å². The van der Waals surface area contributed by atoms with Gasteiger partial charge in [-0.3, -0.25) is 9.59 Å². The van der Waals surface area contributed by atoms with E-state index in [-0.39, 0.29) is 50.2 Å². The third-order valence-electron chi connectivity index (χ3n) is 6.40. The second-order valence-electron chi connectivity index (χ2n) is 8.78. The molecule has 2 saturated heterocycles. The molecule has 5 rings (SSSR count). The van der Waals surface area contributed by atoms with Crippen molar-refractivity contribution in [2.75, 3.05) is 39.4 Å². The highest BCUT2D eigenvalue weighted by Crippen LogP contribution is 2.28. The van der Waals surface area contributed by atoms with E-state index < -0.39 is 17.9 Å². The second kappa shape index (κ2) is 9.14. The molecule has 0 saturated carbocycles. The number of ether oxygens (including phenoxy) is 3. The molecular formula is C25H24F3N3O5. The van der Waals surface area contributed by atoms with E-state index in [0.29, 0.717) is 12.2 Å². The van der Waals surface area contributed by atoms with Gasteiger partial charge in [-0.05, 0) is 36.4 Å². The fraction of sp³-hybridized carbons (Fsp3) is 0.360. The molecule has 2 aromatic carbocycles. The van der Waals surface area contributed by atoms with Crippen molar-refractivity contribution in [1.82, 2.24) is 14.4 Å². The van der Waals surface area contributed by atoms with E-state index in [1.807, 2.05) is 41.9 Å². The van der Waals surface area contributed by atoms with Gasteiger partial charge in [0.15, 0.2) is 0 Å². The van der Waals surface area contributed by atoms with Gasteiger partial charge >= 0.3 is 6.36 Å². The highest BCUT2D eigenvalue weighted by atomic mass is 19.4. The molecule has 1 unspecified atom stereocenters. The quantitative estimate of drug-likeness (QED) is 0.548. The topological polar surface area (TPSA) is 73.2 Å². The van der Waals surface area contributed by atoms with Gasteiger partial charge in [-0.25, -0.2) is 0 Å². The summed E-state index contributed by atoms with van der Waals surface area (Å²) in [5.41, 5.74) is 1.69. The number of para-hydroxylation sites is 1. The van der Waals surface area contributed by atoms with Gasteiger partial charge in [0.05, 0.1) is 26.3 Å². The minimum atomic E-state index is -4.81. The highest BCUT2D eigenvalue weighted by molar-refractivity contribution is 5.99. The number of alkyl halides is 3. The van der Waals surface area contributed by atoms with Crippen LogP contribution in [0.1, 0.15) is 20.8 Å². The Morgan fingerprint density at radius 1 is 0.917 bits per heavy atom. The lowest BCUT2D eigenvalue weighted by Gasteiger charge is -2.47. The molecule has 2 fully saturated rings. The van der Waals surface area contributed by atoms with Crippen molar-refractivity contribution in [2.45, 2.75) is 12.1 Å². The Kier molecular flexibility index (Phi) is 6.13. The van der Waals surface area contributed by atoms with Crippen molar-refractivity contribution in [3.63, 3.8) is 0 Å². The van der Waals surface area contributed by atoms with Crippen molar-refractivity contribution < 1.29 is 37.0 Å². The van der Waals surface area contributed by atoms with Crippen molar-refractivity contribution in [1.29, 1.82) is 0 Å².